The van der Waals surface area contributed by atoms with Crippen LogP contribution in [0.3, 0.4) is 0 Å². The van der Waals surface area contributed by atoms with Gasteiger partial charge in [-0.3, -0.25) is 0 Å². The van der Waals surface area contributed by atoms with Crippen molar-refractivity contribution < 1.29 is 4.74 Å². The minimum Gasteiger partial charge on any atom is -0.438 e. The molecule has 0 radical (unpaired) electrons. The Kier molecular flexibility index (Phi) is 4.54. The van der Waals surface area contributed by atoms with E-state index in [1.807, 2.05) is 44.4 Å². The molecule has 1 N–H and O–H groups in total. The predicted molar refractivity (Wildman–Crippen MR) is 81.0 cm³/mol. The maximum atomic E-state index is 5.83. The molecule has 1 heterocycles. The van der Waals surface area contributed by atoms with E-state index in [1.54, 1.807) is 0 Å². The van der Waals surface area contributed by atoms with Crippen LogP contribution < -0.4 is 10.1 Å². The largest absolute Gasteiger partial charge is 0.438 e. The lowest BCUT2D eigenvalue weighted by molar-refractivity contribution is 0.455. The van der Waals surface area contributed by atoms with Crippen molar-refractivity contribution in [3.05, 3.63) is 51.2 Å². The minimum absolute atomic E-state index is 0.666. The molecule has 2 rings (SSSR count). The van der Waals surface area contributed by atoms with Crippen molar-refractivity contribution in [1.29, 1.82) is 0 Å². The average Bonchev–Trinajstić information content (AvgIpc) is 2.35. The number of aryl methyl sites for hydroxylation is 1. The number of rotatable bonds is 4. The van der Waals surface area contributed by atoms with E-state index in [2.05, 4.69) is 39.0 Å². The third-order valence-electron chi connectivity index (χ3n) is 2.51. The van der Waals surface area contributed by atoms with E-state index in [1.165, 1.54) is 0 Å². The summed E-state index contributed by atoms with van der Waals surface area (Å²) >= 11 is 2.26. The molecule has 0 aliphatic heterocycles. The molecule has 0 fully saturated rings. The van der Waals surface area contributed by atoms with Gasteiger partial charge in [0.05, 0.1) is 3.57 Å². The molecule has 2 aromatic rings. The van der Waals surface area contributed by atoms with Gasteiger partial charge in [0, 0.05) is 18.3 Å². The lowest BCUT2D eigenvalue weighted by Gasteiger charge is -2.10. The summed E-state index contributed by atoms with van der Waals surface area (Å²) in [5, 5.41) is 3.11. The first kappa shape index (κ1) is 13.3. The Morgan fingerprint density at radius 2 is 2.11 bits per heavy atom. The number of pyridine rings is 1. The van der Waals surface area contributed by atoms with E-state index in [0.717, 1.165) is 27.0 Å². The maximum absolute atomic E-state index is 5.83. The molecule has 0 atom stereocenters. The number of hydrogen-bond acceptors (Lipinski definition) is 3. The third kappa shape index (κ3) is 3.20. The molecule has 1 aromatic heterocycles. The molecule has 0 saturated heterocycles. The summed E-state index contributed by atoms with van der Waals surface area (Å²) in [6.45, 7) is 2.83. The minimum atomic E-state index is 0.666. The Labute approximate surface area is 121 Å². The van der Waals surface area contributed by atoms with Crippen molar-refractivity contribution in [3.8, 4) is 11.6 Å². The Hall–Kier alpha value is -1.14. The number of para-hydroxylation sites is 1. The van der Waals surface area contributed by atoms with Crippen LogP contribution in [0.2, 0.25) is 0 Å². The van der Waals surface area contributed by atoms with Crippen molar-refractivity contribution in [3.63, 3.8) is 0 Å². The molecule has 1 aromatic carbocycles. The lowest BCUT2D eigenvalue weighted by Crippen LogP contribution is -2.06. The Morgan fingerprint density at radius 1 is 1.33 bits per heavy atom. The fourth-order valence-electron chi connectivity index (χ4n) is 1.66. The fourth-order valence-corrected chi connectivity index (χ4v) is 2.16. The number of nitrogens with one attached hydrogen (secondary N) is 1. The maximum Gasteiger partial charge on any atom is 0.222 e. The zero-order valence-electron chi connectivity index (χ0n) is 10.4. The first-order chi connectivity index (χ1) is 8.70. The number of nitrogens with zero attached hydrogens (tertiary/aromatic N) is 1. The summed E-state index contributed by atoms with van der Waals surface area (Å²) in [7, 11) is 1.92. The molecule has 18 heavy (non-hydrogen) atoms. The smallest absolute Gasteiger partial charge is 0.222 e. The van der Waals surface area contributed by atoms with Crippen LogP contribution in [0.4, 0.5) is 0 Å². The Morgan fingerprint density at radius 3 is 2.78 bits per heavy atom. The summed E-state index contributed by atoms with van der Waals surface area (Å²) in [6, 6.07) is 10.0. The van der Waals surface area contributed by atoms with Crippen LogP contribution >= 0.6 is 22.6 Å². The molecule has 0 saturated carbocycles. The highest BCUT2D eigenvalue weighted by atomic mass is 127. The van der Waals surface area contributed by atoms with Crippen molar-refractivity contribution in [2.24, 2.45) is 0 Å². The van der Waals surface area contributed by atoms with Crippen molar-refractivity contribution in [2.45, 2.75) is 13.5 Å². The quantitative estimate of drug-likeness (QED) is 0.854. The zero-order valence-corrected chi connectivity index (χ0v) is 12.6. The topological polar surface area (TPSA) is 34.2 Å². The first-order valence-electron chi connectivity index (χ1n) is 5.73. The Bertz CT molecular complexity index is 543. The van der Waals surface area contributed by atoms with Crippen molar-refractivity contribution in [1.82, 2.24) is 10.3 Å². The highest BCUT2D eigenvalue weighted by Crippen LogP contribution is 2.27. The van der Waals surface area contributed by atoms with Gasteiger partial charge >= 0.3 is 0 Å². The molecule has 94 valence electrons. The van der Waals surface area contributed by atoms with Gasteiger partial charge in [-0.15, -0.1) is 0 Å². The first-order valence-corrected chi connectivity index (χ1v) is 6.81. The SMILES string of the molecule is CNCc1cnc(Oc2ccccc2I)c(C)c1. The van der Waals surface area contributed by atoms with Crippen LogP contribution in [0.1, 0.15) is 11.1 Å². The molecule has 0 amide bonds. The van der Waals surface area contributed by atoms with Crippen LogP contribution in [0, 0.1) is 10.5 Å². The normalized spacial score (nSPS) is 10.4. The van der Waals surface area contributed by atoms with Crippen LogP contribution in [0.15, 0.2) is 36.5 Å². The average molecular weight is 354 g/mol. The van der Waals surface area contributed by atoms with Crippen LogP contribution in [0.5, 0.6) is 11.6 Å². The van der Waals surface area contributed by atoms with Gasteiger partial charge in [-0.05, 0) is 60.3 Å². The van der Waals surface area contributed by atoms with Crippen molar-refractivity contribution >= 4 is 22.6 Å². The third-order valence-corrected chi connectivity index (χ3v) is 3.40. The van der Waals surface area contributed by atoms with Gasteiger partial charge in [0.15, 0.2) is 0 Å². The number of hydrogen-bond donors (Lipinski definition) is 1. The number of aromatic nitrogens is 1. The van der Waals surface area contributed by atoms with Gasteiger partial charge in [-0.2, -0.15) is 0 Å². The van der Waals surface area contributed by atoms with E-state index < -0.39 is 0 Å². The molecule has 0 unspecified atom stereocenters. The summed E-state index contributed by atoms with van der Waals surface area (Å²) in [4.78, 5) is 4.37. The second-order valence-electron chi connectivity index (χ2n) is 4.03. The standard InChI is InChI=1S/C14H15IN2O/c1-10-7-11(8-16-2)9-17-14(10)18-13-6-4-3-5-12(13)15/h3-7,9,16H,8H2,1-2H3. The van der Waals surface area contributed by atoms with Gasteiger partial charge in [-0.1, -0.05) is 12.1 Å². The van der Waals surface area contributed by atoms with Crippen LogP contribution in [-0.2, 0) is 6.54 Å². The highest BCUT2D eigenvalue weighted by Gasteiger charge is 2.06. The van der Waals surface area contributed by atoms with E-state index in [9.17, 15) is 0 Å². The van der Waals surface area contributed by atoms with Gasteiger partial charge in [0.25, 0.3) is 0 Å². The second-order valence-corrected chi connectivity index (χ2v) is 5.19. The summed E-state index contributed by atoms with van der Waals surface area (Å²) in [5.41, 5.74) is 2.20. The van der Waals surface area contributed by atoms with Crippen molar-refractivity contribution in [2.75, 3.05) is 7.05 Å². The summed E-state index contributed by atoms with van der Waals surface area (Å²) < 4.78 is 6.91. The van der Waals surface area contributed by atoms with Gasteiger partial charge in [0.1, 0.15) is 5.75 Å². The van der Waals surface area contributed by atoms with Gasteiger partial charge in [-0.25, -0.2) is 4.98 Å². The molecule has 0 bridgehead atoms. The van der Waals surface area contributed by atoms with E-state index in [-0.39, 0.29) is 0 Å². The zero-order chi connectivity index (χ0) is 13.0. The highest BCUT2D eigenvalue weighted by molar-refractivity contribution is 14.1. The number of ether oxygens (including phenoxy) is 1. The fraction of sp³-hybridized carbons (Fsp3) is 0.214. The monoisotopic (exact) mass is 354 g/mol. The number of halogens is 1. The van der Waals surface area contributed by atoms with E-state index >= 15 is 0 Å². The lowest BCUT2D eigenvalue weighted by atomic mass is 10.2. The van der Waals surface area contributed by atoms with E-state index in [4.69, 9.17) is 4.74 Å². The van der Waals surface area contributed by atoms with Crippen LogP contribution in [-0.4, -0.2) is 12.0 Å². The molecule has 0 aliphatic rings. The summed E-state index contributed by atoms with van der Waals surface area (Å²) in [6.07, 6.45) is 1.84. The second kappa shape index (κ2) is 6.15. The molecular formula is C14H15IN2O. The van der Waals surface area contributed by atoms with Gasteiger partial charge in [0.2, 0.25) is 5.88 Å². The van der Waals surface area contributed by atoms with Crippen LogP contribution in [0.25, 0.3) is 0 Å². The Balaban J connectivity index is 2.22. The molecule has 0 aliphatic carbocycles. The molecule has 4 heteroatoms. The number of benzene rings is 1. The van der Waals surface area contributed by atoms with Gasteiger partial charge < -0.3 is 10.1 Å². The molecular weight excluding hydrogens is 339 g/mol. The van der Waals surface area contributed by atoms with E-state index in [0.29, 0.717) is 5.88 Å². The summed E-state index contributed by atoms with van der Waals surface area (Å²) in [5.74, 6) is 1.51. The molecule has 3 nitrogen and oxygen atoms in total. The predicted octanol–water partition coefficient (Wildman–Crippen LogP) is 3.51. The molecule has 0 spiro atoms.